The van der Waals surface area contributed by atoms with Crippen LogP contribution in [0.1, 0.15) is 35.2 Å². The summed E-state index contributed by atoms with van der Waals surface area (Å²) in [6.45, 7) is 0. The van der Waals surface area contributed by atoms with Crippen LogP contribution in [0.25, 0.3) is 17.0 Å². The summed E-state index contributed by atoms with van der Waals surface area (Å²) in [6, 6.07) is 10.4. The Morgan fingerprint density at radius 3 is 2.44 bits per heavy atom. The summed E-state index contributed by atoms with van der Waals surface area (Å²) in [7, 11) is -2.92. The Morgan fingerprint density at radius 2 is 1.86 bits per heavy atom. The van der Waals surface area contributed by atoms with Gasteiger partial charge in [0.1, 0.15) is 12.0 Å². The Balaban J connectivity index is 1.50. The van der Waals surface area contributed by atoms with Crippen molar-refractivity contribution in [2.75, 3.05) is 11.8 Å². The second-order valence-corrected chi connectivity index (χ2v) is 9.77. The number of aromatic nitrogens is 1. The van der Waals surface area contributed by atoms with E-state index < -0.39 is 33.1 Å². The van der Waals surface area contributed by atoms with Crippen molar-refractivity contribution in [2.45, 2.75) is 30.5 Å². The van der Waals surface area contributed by atoms with Crippen LogP contribution in [0.2, 0.25) is 0 Å². The molecule has 1 aliphatic carbocycles. The van der Waals surface area contributed by atoms with E-state index in [2.05, 4.69) is 9.71 Å². The molecule has 8 nitrogen and oxygen atoms in total. The zero-order valence-electron chi connectivity index (χ0n) is 18.9. The van der Waals surface area contributed by atoms with Crippen molar-refractivity contribution in [2.24, 2.45) is 5.92 Å². The number of rotatable bonds is 7. The minimum absolute atomic E-state index is 0.0105. The smallest absolute Gasteiger partial charge is 0.392 e. The minimum Gasteiger partial charge on any atom is -0.495 e. The average molecular weight is 523 g/mol. The number of anilines is 1. The minimum atomic E-state index is -4.20. The maximum atomic E-state index is 12.9. The molecule has 1 unspecified atom stereocenters. The summed E-state index contributed by atoms with van der Waals surface area (Å²) in [4.78, 5) is 15.2. The molecule has 1 heterocycles. The molecular formula is C24H21F3N2O6S. The molecule has 0 aliphatic heterocycles. The molecule has 0 saturated carbocycles. The number of carbonyl (C=O) groups is 1. The largest absolute Gasteiger partial charge is 0.495 e. The van der Waals surface area contributed by atoms with Gasteiger partial charge in [-0.1, -0.05) is 18.2 Å². The highest BCUT2D eigenvalue weighted by Gasteiger charge is 2.39. The first-order valence-electron chi connectivity index (χ1n) is 10.7. The third kappa shape index (κ3) is 5.38. The number of oxazole rings is 1. The van der Waals surface area contributed by atoms with Crippen LogP contribution in [-0.4, -0.2) is 37.8 Å². The third-order valence-electron chi connectivity index (χ3n) is 5.83. The summed E-state index contributed by atoms with van der Waals surface area (Å²) in [5.74, 6) is -2.47. The number of hydrogen-bond acceptors (Lipinski definition) is 6. The lowest BCUT2D eigenvalue weighted by molar-refractivity contribution is -0.175. The fourth-order valence-electron chi connectivity index (χ4n) is 3.84. The van der Waals surface area contributed by atoms with Crippen LogP contribution >= 0.6 is 0 Å². The fraction of sp³-hybridized carbons (Fsp3) is 0.250. The molecule has 12 heteroatoms. The fourth-order valence-corrected chi connectivity index (χ4v) is 4.78. The van der Waals surface area contributed by atoms with Gasteiger partial charge in [0.2, 0.25) is 10.9 Å². The molecule has 2 aromatic carbocycles. The van der Waals surface area contributed by atoms with Crippen molar-refractivity contribution < 1.29 is 40.6 Å². The predicted octanol–water partition coefficient (Wildman–Crippen LogP) is 5.60. The standard InChI is InChI=1S/C24H21F3N2O6S/c1-34-20-12-17(23(30)31)8-11-19(20)29-36(32,33)21-13-35-22(28-21)16-4-2-14(3-5-16)15-6-9-18(10-7-15)24(25,26)27/h2-6,8,11-13,18,29H,7,9-10H2,1H3,(H,30,31). The lowest BCUT2D eigenvalue weighted by atomic mass is 9.86. The van der Waals surface area contributed by atoms with E-state index in [0.29, 0.717) is 12.0 Å². The molecular weight excluding hydrogens is 501 g/mol. The lowest BCUT2D eigenvalue weighted by Crippen LogP contribution is -2.24. The van der Waals surface area contributed by atoms with Crippen LogP contribution in [-0.2, 0) is 10.0 Å². The number of nitrogens with one attached hydrogen (secondary N) is 1. The van der Waals surface area contributed by atoms with Crippen LogP contribution in [0, 0.1) is 5.92 Å². The highest BCUT2D eigenvalue weighted by Crippen LogP contribution is 2.39. The number of benzene rings is 2. The Bertz CT molecular complexity index is 1410. The molecule has 0 fully saturated rings. The Hall–Kier alpha value is -3.80. The van der Waals surface area contributed by atoms with E-state index in [1.807, 2.05) is 0 Å². The number of halogens is 3. The van der Waals surface area contributed by atoms with E-state index in [0.717, 1.165) is 17.4 Å². The van der Waals surface area contributed by atoms with Crippen molar-refractivity contribution in [1.29, 1.82) is 0 Å². The molecule has 0 radical (unpaired) electrons. The number of methoxy groups -OCH3 is 1. The second kappa shape index (κ2) is 9.69. The van der Waals surface area contributed by atoms with E-state index in [9.17, 15) is 26.4 Å². The van der Waals surface area contributed by atoms with Crippen molar-refractivity contribution in [3.05, 3.63) is 65.9 Å². The van der Waals surface area contributed by atoms with Gasteiger partial charge in [-0.15, -0.1) is 0 Å². The van der Waals surface area contributed by atoms with Gasteiger partial charge in [-0.2, -0.15) is 26.6 Å². The molecule has 1 aromatic heterocycles. The van der Waals surface area contributed by atoms with E-state index >= 15 is 0 Å². The molecule has 3 aromatic rings. The van der Waals surface area contributed by atoms with Crippen molar-refractivity contribution in [1.82, 2.24) is 4.98 Å². The van der Waals surface area contributed by atoms with Gasteiger partial charge in [-0.05, 0) is 60.7 Å². The van der Waals surface area contributed by atoms with Crippen molar-refractivity contribution in [3.8, 4) is 17.2 Å². The summed E-state index contributed by atoms with van der Waals surface area (Å²) in [5.41, 5.74) is 2.02. The number of carboxylic acid groups (broad SMARTS) is 1. The maximum absolute atomic E-state index is 12.9. The first-order valence-corrected chi connectivity index (χ1v) is 12.2. The number of hydrogen-bond donors (Lipinski definition) is 2. The number of aromatic carboxylic acids is 1. The molecule has 0 saturated heterocycles. The van der Waals surface area contributed by atoms with Crippen LogP contribution in [0.3, 0.4) is 0 Å². The molecule has 0 amide bonds. The summed E-state index contributed by atoms with van der Waals surface area (Å²) >= 11 is 0. The SMILES string of the molecule is COc1cc(C(=O)O)ccc1NS(=O)(=O)c1coc(-c2ccc(C3=CCC(C(F)(F)F)CC3)cc2)n1. The average Bonchev–Trinajstić information content (AvgIpc) is 3.35. The first kappa shape index (κ1) is 25.3. The zero-order valence-corrected chi connectivity index (χ0v) is 19.7. The molecule has 4 rings (SSSR count). The summed E-state index contributed by atoms with van der Waals surface area (Å²) < 4.78 is 77.0. The zero-order chi connectivity index (χ0) is 26.1. The van der Waals surface area contributed by atoms with Gasteiger partial charge in [0, 0.05) is 5.56 Å². The number of allylic oxidation sites excluding steroid dienone is 2. The van der Waals surface area contributed by atoms with Crippen LogP contribution in [0.4, 0.5) is 18.9 Å². The van der Waals surface area contributed by atoms with E-state index in [-0.39, 0.29) is 35.7 Å². The molecule has 0 spiro atoms. The van der Waals surface area contributed by atoms with Gasteiger partial charge in [0.25, 0.3) is 10.0 Å². The van der Waals surface area contributed by atoms with E-state index in [4.69, 9.17) is 14.3 Å². The molecule has 2 N–H and O–H groups in total. The van der Waals surface area contributed by atoms with Crippen LogP contribution in [0.15, 0.2) is 64.2 Å². The predicted molar refractivity (Wildman–Crippen MR) is 124 cm³/mol. The van der Waals surface area contributed by atoms with Gasteiger partial charge in [-0.3, -0.25) is 4.72 Å². The maximum Gasteiger partial charge on any atom is 0.392 e. The third-order valence-corrected chi connectivity index (χ3v) is 7.05. The molecule has 190 valence electrons. The molecule has 1 atom stereocenters. The van der Waals surface area contributed by atoms with Crippen LogP contribution in [0.5, 0.6) is 5.75 Å². The van der Waals surface area contributed by atoms with Gasteiger partial charge in [0.15, 0.2) is 0 Å². The van der Waals surface area contributed by atoms with E-state index in [1.54, 1.807) is 30.3 Å². The number of alkyl halides is 3. The normalized spacial score (nSPS) is 16.3. The lowest BCUT2D eigenvalue weighted by Gasteiger charge is -2.24. The van der Waals surface area contributed by atoms with Crippen molar-refractivity contribution >= 4 is 27.3 Å². The highest BCUT2D eigenvalue weighted by atomic mass is 32.2. The first-order chi connectivity index (χ1) is 17.0. The number of ether oxygens (including phenoxy) is 1. The summed E-state index contributed by atoms with van der Waals surface area (Å²) in [5, 5.41) is 8.68. The number of nitrogens with zero attached hydrogens (tertiary/aromatic N) is 1. The van der Waals surface area contributed by atoms with Crippen LogP contribution < -0.4 is 9.46 Å². The highest BCUT2D eigenvalue weighted by molar-refractivity contribution is 7.92. The quantitative estimate of drug-likeness (QED) is 0.415. The Labute approximate surface area is 204 Å². The van der Waals surface area contributed by atoms with Gasteiger partial charge < -0.3 is 14.3 Å². The van der Waals surface area contributed by atoms with Gasteiger partial charge in [0.05, 0.1) is 24.3 Å². The Kier molecular flexibility index (Phi) is 6.81. The number of sulfonamides is 1. The summed E-state index contributed by atoms with van der Waals surface area (Å²) in [6.07, 6.45) is -1.34. The monoisotopic (exact) mass is 522 g/mol. The molecule has 0 bridgehead atoms. The topological polar surface area (TPSA) is 119 Å². The second-order valence-electron chi connectivity index (χ2n) is 8.14. The van der Waals surface area contributed by atoms with E-state index in [1.165, 1.54) is 25.3 Å². The van der Waals surface area contributed by atoms with Crippen molar-refractivity contribution in [3.63, 3.8) is 0 Å². The molecule has 1 aliphatic rings. The Morgan fingerprint density at radius 1 is 1.17 bits per heavy atom. The molecule has 36 heavy (non-hydrogen) atoms. The van der Waals surface area contributed by atoms with Gasteiger partial charge >= 0.3 is 12.1 Å². The van der Waals surface area contributed by atoms with Gasteiger partial charge in [-0.25, -0.2) is 4.79 Å². The number of carboxylic acids is 1.